The minimum atomic E-state index is -0.481. The van der Waals surface area contributed by atoms with Crippen LogP contribution in [0.2, 0.25) is 0 Å². The molecular formula is C18H22N6O4. The third-order valence-corrected chi connectivity index (χ3v) is 4.42. The van der Waals surface area contributed by atoms with Crippen LogP contribution in [0.4, 0.5) is 23.0 Å². The molecule has 0 amide bonds. The number of hydrogen-bond acceptors (Lipinski definition) is 9. The number of aromatic nitrogens is 2. The summed E-state index contributed by atoms with van der Waals surface area (Å²) in [4.78, 5) is 35.5. The molecule has 1 aromatic carbocycles. The Balaban J connectivity index is 1.90. The minimum absolute atomic E-state index is 0.0786. The van der Waals surface area contributed by atoms with Crippen LogP contribution in [0.3, 0.4) is 0 Å². The number of nitrogens with zero attached hydrogens (tertiary/aromatic N) is 5. The lowest BCUT2D eigenvalue weighted by Crippen LogP contribution is -2.45. The molecule has 0 saturated carbocycles. The van der Waals surface area contributed by atoms with E-state index in [1.807, 2.05) is 11.9 Å². The van der Waals surface area contributed by atoms with Gasteiger partial charge in [0.15, 0.2) is 0 Å². The summed E-state index contributed by atoms with van der Waals surface area (Å²) < 4.78 is 4.99. The SMILES string of the molecule is CCOC(=O)c1cccc(Nc2ncnc(N3CCN(C)CC3)c2[N+](=O)[O-])c1. The number of benzene rings is 1. The molecule has 0 bridgehead atoms. The molecule has 1 fully saturated rings. The minimum Gasteiger partial charge on any atom is -0.462 e. The Kier molecular flexibility index (Phi) is 5.99. The van der Waals surface area contributed by atoms with Crippen LogP contribution in [0.15, 0.2) is 30.6 Å². The van der Waals surface area contributed by atoms with E-state index in [0.29, 0.717) is 24.3 Å². The highest BCUT2D eigenvalue weighted by molar-refractivity contribution is 5.91. The van der Waals surface area contributed by atoms with Crippen LogP contribution < -0.4 is 10.2 Å². The summed E-state index contributed by atoms with van der Waals surface area (Å²) in [6, 6.07) is 6.56. The Labute approximate surface area is 162 Å². The number of likely N-dealkylation sites (N-methyl/N-ethyl adjacent to an activating group) is 1. The fraction of sp³-hybridized carbons (Fsp3) is 0.389. The van der Waals surface area contributed by atoms with Gasteiger partial charge in [0.2, 0.25) is 11.6 Å². The third kappa shape index (κ3) is 4.34. The summed E-state index contributed by atoms with van der Waals surface area (Å²) in [5.41, 5.74) is 0.660. The molecule has 2 aromatic rings. The Morgan fingerprint density at radius 1 is 1.29 bits per heavy atom. The Hall–Kier alpha value is -3.27. The summed E-state index contributed by atoms with van der Waals surface area (Å²) in [6.45, 7) is 4.88. The average molecular weight is 386 g/mol. The molecule has 2 heterocycles. The van der Waals surface area contributed by atoms with Crippen LogP contribution >= 0.6 is 0 Å². The molecule has 1 N–H and O–H groups in total. The normalized spacial score (nSPS) is 14.6. The monoisotopic (exact) mass is 386 g/mol. The zero-order chi connectivity index (χ0) is 20.1. The van der Waals surface area contributed by atoms with Crippen LogP contribution in [0.25, 0.3) is 0 Å². The molecule has 148 valence electrons. The van der Waals surface area contributed by atoms with Gasteiger partial charge >= 0.3 is 11.7 Å². The van der Waals surface area contributed by atoms with Gasteiger partial charge < -0.3 is 19.9 Å². The van der Waals surface area contributed by atoms with Crippen molar-refractivity contribution in [1.82, 2.24) is 14.9 Å². The molecular weight excluding hydrogens is 364 g/mol. The van der Waals surface area contributed by atoms with Gasteiger partial charge in [-0.3, -0.25) is 10.1 Å². The summed E-state index contributed by atoms with van der Waals surface area (Å²) in [6.07, 6.45) is 1.30. The summed E-state index contributed by atoms with van der Waals surface area (Å²) in [7, 11) is 2.01. The average Bonchev–Trinajstić information content (AvgIpc) is 2.68. The zero-order valence-corrected chi connectivity index (χ0v) is 15.8. The van der Waals surface area contributed by atoms with Crippen molar-refractivity contribution in [3.8, 4) is 0 Å². The number of carbonyl (C=O) groups excluding carboxylic acids is 1. The van der Waals surface area contributed by atoms with Gasteiger partial charge in [0, 0.05) is 31.9 Å². The zero-order valence-electron chi connectivity index (χ0n) is 15.8. The van der Waals surface area contributed by atoms with Crippen molar-refractivity contribution >= 4 is 29.0 Å². The lowest BCUT2D eigenvalue weighted by Gasteiger charge is -2.32. The van der Waals surface area contributed by atoms with E-state index < -0.39 is 10.9 Å². The van der Waals surface area contributed by atoms with Crippen LogP contribution in [-0.4, -0.2) is 65.6 Å². The van der Waals surface area contributed by atoms with Gasteiger partial charge in [0.1, 0.15) is 6.33 Å². The number of ether oxygens (including phenoxy) is 1. The van der Waals surface area contributed by atoms with E-state index in [9.17, 15) is 14.9 Å². The Morgan fingerprint density at radius 2 is 2.04 bits per heavy atom. The van der Waals surface area contributed by atoms with E-state index in [-0.39, 0.29) is 23.9 Å². The van der Waals surface area contributed by atoms with Gasteiger partial charge in [-0.15, -0.1) is 0 Å². The molecule has 1 aliphatic heterocycles. The second kappa shape index (κ2) is 8.61. The van der Waals surface area contributed by atoms with E-state index in [2.05, 4.69) is 20.2 Å². The molecule has 0 radical (unpaired) electrons. The molecule has 10 heteroatoms. The van der Waals surface area contributed by atoms with Crippen molar-refractivity contribution in [3.05, 3.63) is 46.3 Å². The lowest BCUT2D eigenvalue weighted by atomic mass is 10.2. The largest absolute Gasteiger partial charge is 0.462 e. The second-order valence-corrected chi connectivity index (χ2v) is 6.37. The highest BCUT2D eigenvalue weighted by Gasteiger charge is 2.28. The van der Waals surface area contributed by atoms with Crippen LogP contribution in [0, 0.1) is 10.1 Å². The number of hydrogen-bond donors (Lipinski definition) is 1. The van der Waals surface area contributed by atoms with Crippen LogP contribution in [-0.2, 0) is 4.74 Å². The number of piperazine rings is 1. The topological polar surface area (TPSA) is 114 Å². The number of carbonyl (C=O) groups is 1. The fourth-order valence-electron chi connectivity index (χ4n) is 2.95. The molecule has 0 atom stereocenters. The van der Waals surface area contributed by atoms with Crippen LogP contribution in [0.1, 0.15) is 17.3 Å². The summed E-state index contributed by atoms with van der Waals surface area (Å²) in [5, 5.41) is 14.7. The maximum absolute atomic E-state index is 11.9. The number of esters is 1. The lowest BCUT2D eigenvalue weighted by molar-refractivity contribution is -0.383. The number of nitrogens with one attached hydrogen (secondary N) is 1. The first-order chi connectivity index (χ1) is 13.5. The smallest absolute Gasteiger partial charge is 0.353 e. The van der Waals surface area contributed by atoms with Crippen molar-refractivity contribution in [1.29, 1.82) is 0 Å². The molecule has 28 heavy (non-hydrogen) atoms. The predicted octanol–water partition coefficient (Wildman–Crippen LogP) is 2.06. The van der Waals surface area contributed by atoms with Gasteiger partial charge in [-0.05, 0) is 32.2 Å². The standard InChI is InChI=1S/C18H22N6O4/c1-3-28-18(25)13-5-4-6-14(11-13)21-16-15(24(26)27)17(20-12-19-16)23-9-7-22(2)8-10-23/h4-6,11-12H,3,7-10H2,1-2H3,(H,19,20,21). The van der Waals surface area contributed by atoms with Crippen molar-refractivity contribution in [2.24, 2.45) is 0 Å². The van der Waals surface area contributed by atoms with E-state index in [0.717, 1.165) is 13.1 Å². The van der Waals surface area contributed by atoms with Crippen molar-refractivity contribution in [2.45, 2.75) is 6.92 Å². The molecule has 1 saturated heterocycles. The molecule has 1 aliphatic rings. The number of rotatable bonds is 6. The molecule has 3 rings (SSSR count). The first kappa shape index (κ1) is 19.5. The molecule has 10 nitrogen and oxygen atoms in total. The highest BCUT2D eigenvalue weighted by Crippen LogP contribution is 2.34. The third-order valence-electron chi connectivity index (χ3n) is 4.42. The number of anilines is 3. The van der Waals surface area contributed by atoms with Crippen molar-refractivity contribution in [2.75, 3.05) is 50.1 Å². The predicted molar refractivity (Wildman–Crippen MR) is 104 cm³/mol. The van der Waals surface area contributed by atoms with Gasteiger partial charge in [0.05, 0.1) is 17.1 Å². The number of nitro groups is 1. The Morgan fingerprint density at radius 3 is 2.71 bits per heavy atom. The first-order valence-corrected chi connectivity index (χ1v) is 8.96. The Bertz CT molecular complexity index is 867. The van der Waals surface area contributed by atoms with Crippen LogP contribution in [0.5, 0.6) is 0 Å². The van der Waals surface area contributed by atoms with Gasteiger partial charge in [-0.1, -0.05) is 6.07 Å². The fourth-order valence-corrected chi connectivity index (χ4v) is 2.95. The van der Waals surface area contributed by atoms with E-state index in [4.69, 9.17) is 4.74 Å². The molecule has 0 unspecified atom stereocenters. The van der Waals surface area contributed by atoms with Crippen molar-refractivity contribution < 1.29 is 14.5 Å². The van der Waals surface area contributed by atoms with E-state index in [1.165, 1.54) is 6.33 Å². The summed E-state index contributed by atoms with van der Waals surface area (Å²) >= 11 is 0. The van der Waals surface area contributed by atoms with E-state index >= 15 is 0 Å². The van der Waals surface area contributed by atoms with Gasteiger partial charge in [0.25, 0.3) is 0 Å². The first-order valence-electron chi connectivity index (χ1n) is 8.96. The molecule has 0 aliphatic carbocycles. The van der Waals surface area contributed by atoms with Gasteiger partial charge in [-0.2, -0.15) is 0 Å². The van der Waals surface area contributed by atoms with Crippen molar-refractivity contribution in [3.63, 3.8) is 0 Å². The maximum atomic E-state index is 11.9. The second-order valence-electron chi connectivity index (χ2n) is 6.37. The molecule has 0 spiro atoms. The highest BCUT2D eigenvalue weighted by atomic mass is 16.6. The quantitative estimate of drug-likeness (QED) is 0.452. The summed E-state index contributed by atoms with van der Waals surface area (Å²) in [5.74, 6) is -0.0893. The molecule has 1 aromatic heterocycles. The van der Waals surface area contributed by atoms with Gasteiger partial charge in [-0.25, -0.2) is 14.8 Å². The van der Waals surface area contributed by atoms with E-state index in [1.54, 1.807) is 31.2 Å². The maximum Gasteiger partial charge on any atom is 0.353 e.